The summed E-state index contributed by atoms with van der Waals surface area (Å²) in [6.07, 6.45) is 2.51. The molecule has 0 bridgehead atoms. The second-order valence-electron chi connectivity index (χ2n) is 5.85. The highest BCUT2D eigenvalue weighted by molar-refractivity contribution is 6.09. The van der Waals surface area contributed by atoms with E-state index in [9.17, 15) is 14.4 Å². The summed E-state index contributed by atoms with van der Waals surface area (Å²) in [5.74, 6) is -0.823. The van der Waals surface area contributed by atoms with Crippen LogP contribution in [-0.2, 0) is 14.4 Å². The van der Waals surface area contributed by atoms with Crippen molar-refractivity contribution in [3.05, 3.63) is 0 Å². The van der Waals surface area contributed by atoms with E-state index in [0.29, 0.717) is 13.0 Å². The van der Waals surface area contributed by atoms with Gasteiger partial charge >= 0.3 is 0 Å². The fraction of sp³-hybridized carbons (Fsp3) is 0.769. The topological polar surface area (TPSA) is 92.5 Å². The van der Waals surface area contributed by atoms with Crippen molar-refractivity contribution in [2.24, 2.45) is 23.5 Å². The quantitative estimate of drug-likeness (QED) is 0.617. The number of nitrogens with one attached hydrogen (secondary N) is 1. The number of likely N-dealkylation sites (N-methyl/N-ethyl adjacent to an activating group) is 1. The van der Waals surface area contributed by atoms with Crippen molar-refractivity contribution in [1.29, 1.82) is 0 Å². The summed E-state index contributed by atoms with van der Waals surface area (Å²) in [6.45, 7) is 2.58. The van der Waals surface area contributed by atoms with Crippen LogP contribution in [0.2, 0.25) is 0 Å². The van der Waals surface area contributed by atoms with E-state index in [2.05, 4.69) is 5.32 Å². The summed E-state index contributed by atoms with van der Waals surface area (Å²) >= 11 is 0. The molecule has 0 aromatic heterocycles. The van der Waals surface area contributed by atoms with E-state index in [0.717, 1.165) is 12.8 Å². The minimum absolute atomic E-state index is 0.103. The smallest absolute Gasteiger partial charge is 0.239 e. The van der Waals surface area contributed by atoms with Crippen LogP contribution in [0.3, 0.4) is 0 Å². The largest absolute Gasteiger partial charge is 0.368 e. The molecule has 6 heteroatoms. The molecule has 3 N–H and O–H groups in total. The van der Waals surface area contributed by atoms with Gasteiger partial charge in [0.05, 0.1) is 18.4 Å². The monoisotopic (exact) mass is 265 g/mol. The van der Waals surface area contributed by atoms with Crippen LogP contribution < -0.4 is 11.1 Å². The van der Waals surface area contributed by atoms with Crippen LogP contribution in [0.15, 0.2) is 0 Å². The Balaban J connectivity index is 1.83. The maximum absolute atomic E-state index is 12.0. The minimum atomic E-state index is -0.934. The highest BCUT2D eigenvalue weighted by Crippen LogP contribution is 2.48. The molecular formula is C13H19N3O3. The molecule has 0 aromatic carbocycles. The number of rotatable bonds is 6. The van der Waals surface area contributed by atoms with Gasteiger partial charge in [-0.2, -0.15) is 0 Å². The number of hydrogen-bond acceptors (Lipinski definition) is 4. The minimum Gasteiger partial charge on any atom is -0.368 e. The van der Waals surface area contributed by atoms with Crippen LogP contribution in [0.1, 0.15) is 26.2 Å². The third-order valence-electron chi connectivity index (χ3n) is 4.57. The highest BCUT2D eigenvalue weighted by atomic mass is 16.2. The fourth-order valence-corrected chi connectivity index (χ4v) is 3.24. The van der Waals surface area contributed by atoms with Crippen molar-refractivity contribution in [3.63, 3.8) is 0 Å². The van der Waals surface area contributed by atoms with Crippen LogP contribution in [0, 0.1) is 17.8 Å². The third-order valence-corrected chi connectivity index (χ3v) is 4.57. The van der Waals surface area contributed by atoms with Crippen LogP contribution >= 0.6 is 0 Å². The number of piperidine rings is 1. The van der Waals surface area contributed by atoms with E-state index in [1.54, 1.807) is 0 Å². The molecule has 0 aromatic rings. The lowest BCUT2D eigenvalue weighted by atomic mass is 9.91. The van der Waals surface area contributed by atoms with Crippen molar-refractivity contribution >= 4 is 17.7 Å². The van der Waals surface area contributed by atoms with E-state index in [-0.39, 0.29) is 36.1 Å². The standard InChI is InChI=1S/C13H19N3O3/c1-2-15-13(12(14)19,7-3-4-7)6-16-10(17)8-5-9(8)11(16)18/h7-9,15H,2-6H2,1H3,(H2,14,19). The molecule has 0 spiro atoms. The number of carbonyl (C=O) groups excluding carboxylic acids is 3. The maximum atomic E-state index is 12.0. The molecule has 3 aliphatic rings. The number of nitrogens with zero attached hydrogens (tertiary/aromatic N) is 1. The number of fused-ring (bicyclic) bond motifs is 1. The molecule has 104 valence electrons. The van der Waals surface area contributed by atoms with E-state index in [1.165, 1.54) is 4.90 Å². The van der Waals surface area contributed by atoms with Crippen molar-refractivity contribution in [2.45, 2.75) is 31.7 Å². The maximum Gasteiger partial charge on any atom is 0.239 e. The highest BCUT2D eigenvalue weighted by Gasteiger charge is 2.61. The molecule has 2 saturated carbocycles. The Labute approximate surface area is 111 Å². The van der Waals surface area contributed by atoms with Gasteiger partial charge in [0.15, 0.2) is 0 Å². The van der Waals surface area contributed by atoms with Crippen molar-refractivity contribution in [2.75, 3.05) is 13.1 Å². The second-order valence-corrected chi connectivity index (χ2v) is 5.85. The molecule has 3 fully saturated rings. The first-order valence-corrected chi connectivity index (χ1v) is 6.91. The molecular weight excluding hydrogens is 246 g/mol. The van der Waals surface area contributed by atoms with Gasteiger partial charge in [-0.25, -0.2) is 0 Å². The van der Waals surface area contributed by atoms with Gasteiger partial charge in [0, 0.05) is 0 Å². The number of hydrogen-bond donors (Lipinski definition) is 2. The summed E-state index contributed by atoms with van der Waals surface area (Å²) in [5, 5.41) is 3.13. The zero-order valence-corrected chi connectivity index (χ0v) is 11.0. The number of likely N-dealkylation sites (tertiary alicyclic amines) is 1. The summed E-state index contributed by atoms with van der Waals surface area (Å²) in [4.78, 5) is 37.2. The van der Waals surface area contributed by atoms with E-state index < -0.39 is 11.4 Å². The normalized spacial score (nSPS) is 32.2. The Bertz CT molecular complexity index is 440. The Morgan fingerprint density at radius 3 is 2.37 bits per heavy atom. The first kappa shape index (κ1) is 12.6. The number of carbonyl (C=O) groups is 3. The van der Waals surface area contributed by atoms with Gasteiger partial charge in [0.2, 0.25) is 17.7 Å². The van der Waals surface area contributed by atoms with Crippen LogP contribution in [0.4, 0.5) is 0 Å². The predicted molar refractivity (Wildman–Crippen MR) is 66.6 cm³/mol. The summed E-state index contributed by atoms with van der Waals surface area (Å²) < 4.78 is 0. The first-order valence-electron chi connectivity index (χ1n) is 6.91. The van der Waals surface area contributed by atoms with Crippen LogP contribution in [0.5, 0.6) is 0 Å². The Hall–Kier alpha value is -1.43. The fourth-order valence-electron chi connectivity index (χ4n) is 3.24. The molecule has 3 unspecified atom stereocenters. The van der Waals surface area contributed by atoms with Gasteiger partial charge in [-0.15, -0.1) is 0 Å². The molecule has 0 radical (unpaired) electrons. The average molecular weight is 265 g/mol. The van der Waals surface area contributed by atoms with Crippen LogP contribution in [0.25, 0.3) is 0 Å². The molecule has 3 atom stereocenters. The Kier molecular flexibility index (Phi) is 2.67. The van der Waals surface area contributed by atoms with Gasteiger partial charge in [0.25, 0.3) is 0 Å². The van der Waals surface area contributed by atoms with Gasteiger partial charge in [-0.3, -0.25) is 19.3 Å². The van der Waals surface area contributed by atoms with E-state index in [1.807, 2.05) is 6.92 Å². The lowest BCUT2D eigenvalue weighted by Crippen LogP contribution is -2.64. The van der Waals surface area contributed by atoms with E-state index in [4.69, 9.17) is 5.73 Å². The molecule has 3 rings (SSSR count). The summed E-state index contributed by atoms with van der Waals surface area (Å²) in [6, 6.07) is 0. The molecule has 1 aliphatic heterocycles. The zero-order valence-electron chi connectivity index (χ0n) is 11.0. The van der Waals surface area contributed by atoms with Crippen molar-refractivity contribution in [3.8, 4) is 0 Å². The van der Waals surface area contributed by atoms with Crippen LogP contribution in [-0.4, -0.2) is 41.2 Å². The Morgan fingerprint density at radius 1 is 1.37 bits per heavy atom. The Morgan fingerprint density at radius 2 is 1.95 bits per heavy atom. The summed E-state index contributed by atoms with van der Waals surface area (Å²) in [5.41, 5.74) is 4.63. The predicted octanol–water partition coefficient (Wildman–Crippen LogP) is -0.765. The molecule has 1 saturated heterocycles. The first-order chi connectivity index (χ1) is 9.01. The van der Waals surface area contributed by atoms with Gasteiger partial charge in [-0.1, -0.05) is 6.92 Å². The molecule has 1 heterocycles. The average Bonchev–Trinajstić information content (AvgIpc) is 3.25. The van der Waals surface area contributed by atoms with Crippen molar-refractivity contribution < 1.29 is 14.4 Å². The number of primary amides is 1. The third kappa shape index (κ3) is 1.77. The molecule has 6 nitrogen and oxygen atoms in total. The van der Waals surface area contributed by atoms with E-state index >= 15 is 0 Å². The SMILES string of the molecule is CCNC(CN1C(=O)C2CC2C1=O)(C(N)=O)C1CC1. The zero-order chi connectivity index (χ0) is 13.8. The number of nitrogens with two attached hydrogens (primary N) is 1. The van der Waals surface area contributed by atoms with Gasteiger partial charge in [-0.05, 0) is 31.7 Å². The lowest BCUT2D eigenvalue weighted by Gasteiger charge is -2.35. The lowest BCUT2D eigenvalue weighted by molar-refractivity contribution is -0.143. The molecule has 2 aliphatic carbocycles. The number of amides is 3. The van der Waals surface area contributed by atoms with Crippen molar-refractivity contribution in [1.82, 2.24) is 10.2 Å². The second kappa shape index (κ2) is 4.03. The summed E-state index contributed by atoms with van der Waals surface area (Å²) in [7, 11) is 0. The van der Waals surface area contributed by atoms with Gasteiger partial charge in [0.1, 0.15) is 5.54 Å². The molecule has 19 heavy (non-hydrogen) atoms. The molecule has 3 amide bonds. The number of imide groups is 1. The van der Waals surface area contributed by atoms with Gasteiger partial charge < -0.3 is 11.1 Å².